The van der Waals surface area contributed by atoms with Gasteiger partial charge in [0, 0.05) is 4.88 Å². The zero-order chi connectivity index (χ0) is 13.7. The topological polar surface area (TPSA) is 24.9 Å². The summed E-state index contributed by atoms with van der Waals surface area (Å²) < 4.78 is 0. The molecular formula is C16H28N2S. The smallest absolute Gasteiger partial charge is 0.110 e. The summed E-state index contributed by atoms with van der Waals surface area (Å²) in [7, 11) is 0. The van der Waals surface area contributed by atoms with Crippen LogP contribution in [0.15, 0.2) is 0 Å². The van der Waals surface area contributed by atoms with E-state index in [1.54, 1.807) is 0 Å². The predicted molar refractivity (Wildman–Crippen MR) is 83.8 cm³/mol. The Kier molecular flexibility index (Phi) is 5.83. The number of thiazole rings is 1. The summed E-state index contributed by atoms with van der Waals surface area (Å²) in [5, 5.41) is 4.98. The molecule has 0 amide bonds. The van der Waals surface area contributed by atoms with Crippen LogP contribution in [0.5, 0.6) is 0 Å². The van der Waals surface area contributed by atoms with Gasteiger partial charge in [0.25, 0.3) is 0 Å². The lowest BCUT2D eigenvalue weighted by atomic mass is 9.85. The van der Waals surface area contributed by atoms with Crippen molar-refractivity contribution in [1.82, 2.24) is 10.3 Å². The summed E-state index contributed by atoms with van der Waals surface area (Å²) in [6.45, 7) is 7.66. The van der Waals surface area contributed by atoms with E-state index in [0.29, 0.717) is 6.04 Å². The molecular weight excluding hydrogens is 252 g/mol. The first-order valence-electron chi connectivity index (χ1n) is 7.94. The van der Waals surface area contributed by atoms with Gasteiger partial charge in [0.2, 0.25) is 0 Å². The number of nitrogens with zero attached hydrogens (tertiary/aromatic N) is 1. The molecule has 1 unspecified atom stereocenters. The van der Waals surface area contributed by atoms with E-state index in [2.05, 4.69) is 26.1 Å². The number of rotatable bonds is 6. The van der Waals surface area contributed by atoms with Crippen LogP contribution in [0.1, 0.15) is 74.0 Å². The monoisotopic (exact) mass is 280 g/mol. The van der Waals surface area contributed by atoms with Crippen molar-refractivity contribution in [2.75, 3.05) is 6.54 Å². The molecule has 0 spiro atoms. The molecule has 0 aromatic carbocycles. The average molecular weight is 280 g/mol. The summed E-state index contributed by atoms with van der Waals surface area (Å²) >= 11 is 1.90. The molecule has 3 heteroatoms. The Bertz CT molecular complexity index is 380. The van der Waals surface area contributed by atoms with Gasteiger partial charge in [0.05, 0.1) is 11.7 Å². The first-order chi connectivity index (χ1) is 9.24. The van der Waals surface area contributed by atoms with E-state index >= 15 is 0 Å². The Morgan fingerprint density at radius 3 is 2.58 bits per heavy atom. The van der Waals surface area contributed by atoms with Crippen molar-refractivity contribution in [1.29, 1.82) is 0 Å². The van der Waals surface area contributed by atoms with Crippen LogP contribution in [-0.4, -0.2) is 11.5 Å². The van der Waals surface area contributed by atoms with E-state index < -0.39 is 0 Å². The molecule has 108 valence electrons. The molecule has 1 atom stereocenters. The maximum Gasteiger partial charge on any atom is 0.110 e. The van der Waals surface area contributed by atoms with Gasteiger partial charge in [0.1, 0.15) is 5.01 Å². The third kappa shape index (κ3) is 4.03. The van der Waals surface area contributed by atoms with Gasteiger partial charge in [-0.05, 0) is 32.2 Å². The highest BCUT2D eigenvalue weighted by Crippen LogP contribution is 2.34. The lowest BCUT2D eigenvalue weighted by Gasteiger charge is -2.26. The second-order valence-electron chi connectivity index (χ2n) is 5.76. The zero-order valence-electron chi connectivity index (χ0n) is 12.7. The van der Waals surface area contributed by atoms with Gasteiger partial charge >= 0.3 is 0 Å². The quantitative estimate of drug-likeness (QED) is 0.821. The molecule has 2 rings (SSSR count). The molecule has 0 radical (unpaired) electrons. The maximum absolute atomic E-state index is 4.87. The Morgan fingerprint density at radius 2 is 2.00 bits per heavy atom. The van der Waals surface area contributed by atoms with Crippen LogP contribution in [0.4, 0.5) is 0 Å². The minimum absolute atomic E-state index is 0.483. The van der Waals surface area contributed by atoms with Crippen LogP contribution < -0.4 is 5.32 Å². The van der Waals surface area contributed by atoms with E-state index in [4.69, 9.17) is 4.98 Å². The van der Waals surface area contributed by atoms with E-state index in [1.165, 1.54) is 54.1 Å². The number of hydrogen-bond acceptors (Lipinski definition) is 3. The molecule has 1 aliphatic rings. The summed E-state index contributed by atoms with van der Waals surface area (Å²) in [5.74, 6) is 0.909. The maximum atomic E-state index is 4.87. The number of aryl methyl sites for hydroxylation is 2. The third-order valence-corrected chi connectivity index (χ3v) is 5.41. The van der Waals surface area contributed by atoms with Gasteiger partial charge in [-0.3, -0.25) is 0 Å². The van der Waals surface area contributed by atoms with E-state index in [-0.39, 0.29) is 0 Å². The van der Waals surface area contributed by atoms with Crippen molar-refractivity contribution < 1.29 is 0 Å². The molecule has 19 heavy (non-hydrogen) atoms. The van der Waals surface area contributed by atoms with Crippen molar-refractivity contribution in [3.63, 3.8) is 0 Å². The Labute approximate surface area is 122 Å². The molecule has 1 fully saturated rings. The molecule has 1 aromatic heterocycles. The lowest BCUT2D eigenvalue weighted by Crippen LogP contribution is -2.24. The fraction of sp³-hybridized carbons (Fsp3) is 0.812. The fourth-order valence-corrected chi connectivity index (χ4v) is 4.30. The molecule has 0 aliphatic heterocycles. The fourth-order valence-electron chi connectivity index (χ4n) is 3.20. The van der Waals surface area contributed by atoms with Crippen molar-refractivity contribution in [3.8, 4) is 0 Å². The largest absolute Gasteiger partial charge is 0.308 e. The van der Waals surface area contributed by atoms with Gasteiger partial charge in [-0.15, -0.1) is 11.3 Å². The molecule has 1 N–H and O–H groups in total. The summed E-state index contributed by atoms with van der Waals surface area (Å²) in [6, 6.07) is 0.483. The standard InChI is InChI=1S/C16H28N2S/c1-4-14-12(3)19-16(18-14)15(17-5-2)11-13-9-7-6-8-10-13/h13,15,17H,4-11H2,1-3H3. The number of aromatic nitrogens is 1. The molecule has 2 nitrogen and oxygen atoms in total. The predicted octanol–water partition coefficient (Wildman–Crippen LogP) is 4.63. The molecule has 1 aliphatic carbocycles. The van der Waals surface area contributed by atoms with Gasteiger partial charge in [-0.2, -0.15) is 0 Å². The lowest BCUT2D eigenvalue weighted by molar-refractivity contribution is 0.301. The normalized spacial score (nSPS) is 18.7. The van der Waals surface area contributed by atoms with Crippen LogP contribution in [-0.2, 0) is 6.42 Å². The molecule has 1 aromatic rings. The van der Waals surface area contributed by atoms with Crippen LogP contribution in [0.2, 0.25) is 0 Å². The van der Waals surface area contributed by atoms with Crippen LogP contribution >= 0.6 is 11.3 Å². The molecule has 0 saturated heterocycles. The van der Waals surface area contributed by atoms with Crippen molar-refractivity contribution in [2.45, 2.75) is 71.8 Å². The second-order valence-corrected chi connectivity index (χ2v) is 6.99. The van der Waals surface area contributed by atoms with Gasteiger partial charge in [-0.1, -0.05) is 46.0 Å². The minimum atomic E-state index is 0.483. The van der Waals surface area contributed by atoms with E-state index in [0.717, 1.165) is 18.9 Å². The highest BCUT2D eigenvalue weighted by molar-refractivity contribution is 7.11. The van der Waals surface area contributed by atoms with Crippen LogP contribution in [0, 0.1) is 12.8 Å². The van der Waals surface area contributed by atoms with Crippen molar-refractivity contribution in [2.24, 2.45) is 5.92 Å². The van der Waals surface area contributed by atoms with Crippen molar-refractivity contribution >= 4 is 11.3 Å². The highest BCUT2D eigenvalue weighted by atomic mass is 32.1. The average Bonchev–Trinajstić information content (AvgIpc) is 2.81. The van der Waals surface area contributed by atoms with Gasteiger partial charge < -0.3 is 5.32 Å². The van der Waals surface area contributed by atoms with Gasteiger partial charge in [0.15, 0.2) is 0 Å². The zero-order valence-corrected chi connectivity index (χ0v) is 13.5. The minimum Gasteiger partial charge on any atom is -0.308 e. The summed E-state index contributed by atoms with van der Waals surface area (Å²) in [5.41, 5.74) is 1.30. The Balaban J connectivity index is 2.04. The van der Waals surface area contributed by atoms with E-state index in [1.807, 2.05) is 11.3 Å². The Hall–Kier alpha value is -0.410. The summed E-state index contributed by atoms with van der Waals surface area (Å²) in [4.78, 5) is 6.28. The number of nitrogens with one attached hydrogen (secondary N) is 1. The molecule has 1 saturated carbocycles. The van der Waals surface area contributed by atoms with Crippen LogP contribution in [0.3, 0.4) is 0 Å². The van der Waals surface area contributed by atoms with Crippen molar-refractivity contribution in [3.05, 3.63) is 15.6 Å². The molecule has 0 bridgehead atoms. The third-order valence-electron chi connectivity index (χ3n) is 4.29. The second kappa shape index (κ2) is 7.39. The first kappa shape index (κ1) is 15.0. The Morgan fingerprint density at radius 1 is 1.26 bits per heavy atom. The SMILES string of the molecule is CCNC(CC1CCCCC1)c1nc(CC)c(C)s1. The van der Waals surface area contributed by atoms with Gasteiger partial charge in [-0.25, -0.2) is 4.98 Å². The van der Waals surface area contributed by atoms with Crippen LogP contribution in [0.25, 0.3) is 0 Å². The highest BCUT2D eigenvalue weighted by Gasteiger charge is 2.22. The first-order valence-corrected chi connectivity index (χ1v) is 8.75. The van der Waals surface area contributed by atoms with E-state index in [9.17, 15) is 0 Å². The molecule has 1 heterocycles. The number of hydrogen-bond donors (Lipinski definition) is 1. The summed E-state index contributed by atoms with van der Waals surface area (Å²) in [6.07, 6.45) is 9.49.